The van der Waals surface area contributed by atoms with Crippen molar-refractivity contribution >= 4 is 35.0 Å². The van der Waals surface area contributed by atoms with E-state index >= 15 is 0 Å². The molecule has 1 saturated heterocycles. The molecule has 2 rings (SSSR count). The molecule has 0 bridgehead atoms. The molecule has 132 valence electrons. The Labute approximate surface area is 152 Å². The average Bonchev–Trinajstić information content (AvgIpc) is 2.51. The van der Waals surface area contributed by atoms with Crippen molar-refractivity contribution in [2.45, 2.75) is 32.9 Å². The highest BCUT2D eigenvalue weighted by Gasteiger charge is 2.31. The Balaban J connectivity index is 2.12. The molecule has 0 aliphatic carbocycles. The summed E-state index contributed by atoms with van der Waals surface area (Å²) in [5.41, 5.74) is 0.301. The molecule has 0 radical (unpaired) electrons. The molecule has 0 unspecified atom stereocenters. The van der Waals surface area contributed by atoms with Crippen LogP contribution in [0.15, 0.2) is 18.2 Å². The number of benzene rings is 1. The standard InChI is InChI=1S/C17H22Cl2N2O3/c1-10(2)15(17(23)21-6-7-24-11(3)9-21)20-16(22)13-5-4-12(18)8-14(13)19/h4-5,8,10-11,15H,6-7,9H2,1-3H3,(H,20,22)/t11-,15-/m1/s1. The molecular weight excluding hydrogens is 351 g/mol. The second-order valence-corrected chi connectivity index (χ2v) is 7.13. The van der Waals surface area contributed by atoms with Gasteiger partial charge in [0.25, 0.3) is 5.91 Å². The zero-order chi connectivity index (χ0) is 17.9. The molecule has 1 heterocycles. The summed E-state index contributed by atoms with van der Waals surface area (Å²) >= 11 is 11.9. The normalized spacial score (nSPS) is 19.2. The van der Waals surface area contributed by atoms with Gasteiger partial charge in [-0.25, -0.2) is 0 Å². The summed E-state index contributed by atoms with van der Waals surface area (Å²) in [5, 5.41) is 3.52. The Hall–Kier alpha value is -1.30. The molecule has 2 atom stereocenters. The molecular formula is C17H22Cl2N2O3. The van der Waals surface area contributed by atoms with Crippen LogP contribution in [0.25, 0.3) is 0 Å². The van der Waals surface area contributed by atoms with Gasteiger partial charge >= 0.3 is 0 Å². The van der Waals surface area contributed by atoms with E-state index in [0.717, 1.165) is 0 Å². The van der Waals surface area contributed by atoms with E-state index < -0.39 is 6.04 Å². The number of amides is 2. The van der Waals surface area contributed by atoms with Crippen molar-refractivity contribution < 1.29 is 14.3 Å². The van der Waals surface area contributed by atoms with Crippen LogP contribution in [0.3, 0.4) is 0 Å². The minimum absolute atomic E-state index is 0.00285. The van der Waals surface area contributed by atoms with Gasteiger partial charge in [-0.2, -0.15) is 0 Å². The van der Waals surface area contributed by atoms with Gasteiger partial charge in [-0.3, -0.25) is 9.59 Å². The summed E-state index contributed by atoms with van der Waals surface area (Å²) in [6.45, 7) is 7.29. The monoisotopic (exact) mass is 372 g/mol. The van der Waals surface area contributed by atoms with E-state index in [1.807, 2.05) is 20.8 Å². The minimum atomic E-state index is -0.616. The number of hydrogen-bond acceptors (Lipinski definition) is 3. The van der Waals surface area contributed by atoms with E-state index in [9.17, 15) is 9.59 Å². The van der Waals surface area contributed by atoms with E-state index in [2.05, 4.69) is 5.32 Å². The number of hydrogen-bond donors (Lipinski definition) is 1. The third-order valence-corrected chi connectivity index (χ3v) is 4.50. The van der Waals surface area contributed by atoms with Crippen molar-refractivity contribution in [3.05, 3.63) is 33.8 Å². The molecule has 24 heavy (non-hydrogen) atoms. The van der Waals surface area contributed by atoms with Crippen molar-refractivity contribution in [1.29, 1.82) is 0 Å². The molecule has 1 aromatic carbocycles. The zero-order valence-electron chi connectivity index (χ0n) is 14.0. The first-order chi connectivity index (χ1) is 11.3. The van der Waals surface area contributed by atoms with Gasteiger partial charge < -0.3 is 15.0 Å². The number of morpholine rings is 1. The van der Waals surface area contributed by atoms with Gasteiger partial charge in [0.05, 0.1) is 23.3 Å². The fourth-order valence-electron chi connectivity index (χ4n) is 2.62. The van der Waals surface area contributed by atoms with Gasteiger partial charge in [0, 0.05) is 18.1 Å². The molecule has 2 amide bonds. The van der Waals surface area contributed by atoms with Gasteiger partial charge in [-0.05, 0) is 31.0 Å². The van der Waals surface area contributed by atoms with E-state index in [4.69, 9.17) is 27.9 Å². The zero-order valence-corrected chi connectivity index (χ0v) is 15.5. The Morgan fingerprint density at radius 2 is 2.04 bits per heavy atom. The highest BCUT2D eigenvalue weighted by molar-refractivity contribution is 6.36. The van der Waals surface area contributed by atoms with Crippen LogP contribution in [0.4, 0.5) is 0 Å². The van der Waals surface area contributed by atoms with E-state index in [1.165, 1.54) is 6.07 Å². The number of halogens is 2. The topological polar surface area (TPSA) is 58.6 Å². The summed E-state index contributed by atoms with van der Waals surface area (Å²) in [5.74, 6) is -0.533. The molecule has 7 heteroatoms. The summed E-state index contributed by atoms with van der Waals surface area (Å²) < 4.78 is 5.46. The van der Waals surface area contributed by atoms with Crippen molar-refractivity contribution in [1.82, 2.24) is 10.2 Å². The maximum atomic E-state index is 12.8. The van der Waals surface area contributed by atoms with Crippen molar-refractivity contribution in [2.75, 3.05) is 19.7 Å². The Morgan fingerprint density at radius 3 is 2.62 bits per heavy atom. The Bertz CT molecular complexity index is 622. The van der Waals surface area contributed by atoms with E-state index in [1.54, 1.807) is 17.0 Å². The van der Waals surface area contributed by atoms with E-state index in [-0.39, 0.29) is 28.9 Å². The van der Waals surface area contributed by atoms with Gasteiger partial charge in [0.2, 0.25) is 5.91 Å². The lowest BCUT2D eigenvalue weighted by atomic mass is 10.0. The largest absolute Gasteiger partial charge is 0.375 e. The summed E-state index contributed by atoms with van der Waals surface area (Å²) in [6.07, 6.45) is -0.00285. The summed E-state index contributed by atoms with van der Waals surface area (Å²) in [4.78, 5) is 27.0. The van der Waals surface area contributed by atoms with Crippen LogP contribution in [-0.4, -0.2) is 48.6 Å². The number of nitrogens with one attached hydrogen (secondary N) is 1. The second kappa shape index (κ2) is 8.19. The summed E-state index contributed by atoms with van der Waals surface area (Å²) in [7, 11) is 0. The molecule has 1 aliphatic rings. The first-order valence-electron chi connectivity index (χ1n) is 7.96. The first kappa shape index (κ1) is 19.0. The van der Waals surface area contributed by atoms with Crippen molar-refractivity contribution in [2.24, 2.45) is 5.92 Å². The van der Waals surface area contributed by atoms with Crippen LogP contribution in [0.5, 0.6) is 0 Å². The molecule has 1 N–H and O–H groups in total. The van der Waals surface area contributed by atoms with E-state index in [0.29, 0.717) is 30.3 Å². The highest BCUT2D eigenvalue weighted by Crippen LogP contribution is 2.21. The van der Waals surface area contributed by atoms with Crippen LogP contribution in [0.1, 0.15) is 31.1 Å². The van der Waals surface area contributed by atoms with Crippen LogP contribution in [0.2, 0.25) is 10.0 Å². The fraction of sp³-hybridized carbons (Fsp3) is 0.529. The smallest absolute Gasteiger partial charge is 0.253 e. The SMILES string of the molecule is CC(C)[C@@H](NC(=O)c1ccc(Cl)cc1Cl)C(=O)N1CCO[C@H](C)C1. The maximum absolute atomic E-state index is 12.8. The first-order valence-corrected chi connectivity index (χ1v) is 8.71. The molecule has 0 aromatic heterocycles. The molecule has 1 fully saturated rings. The lowest BCUT2D eigenvalue weighted by molar-refractivity contribution is -0.141. The minimum Gasteiger partial charge on any atom is -0.375 e. The number of carbonyl (C=O) groups is 2. The molecule has 1 aliphatic heterocycles. The van der Waals surface area contributed by atoms with Crippen LogP contribution in [0, 0.1) is 5.92 Å². The average molecular weight is 373 g/mol. The van der Waals surface area contributed by atoms with Crippen LogP contribution < -0.4 is 5.32 Å². The second-order valence-electron chi connectivity index (χ2n) is 6.28. The number of ether oxygens (including phenoxy) is 1. The summed E-state index contributed by atoms with van der Waals surface area (Å²) in [6, 6.07) is 4.04. The van der Waals surface area contributed by atoms with Gasteiger partial charge in [-0.1, -0.05) is 37.0 Å². The van der Waals surface area contributed by atoms with Crippen LogP contribution in [-0.2, 0) is 9.53 Å². The van der Waals surface area contributed by atoms with Gasteiger partial charge in [0.1, 0.15) is 6.04 Å². The Morgan fingerprint density at radius 1 is 1.33 bits per heavy atom. The number of nitrogens with zero attached hydrogens (tertiary/aromatic N) is 1. The van der Waals surface area contributed by atoms with Gasteiger partial charge in [-0.15, -0.1) is 0 Å². The molecule has 0 saturated carbocycles. The molecule has 1 aromatic rings. The quantitative estimate of drug-likeness (QED) is 0.883. The predicted octanol–water partition coefficient (Wildman–Crippen LogP) is 3.00. The molecule has 5 nitrogen and oxygen atoms in total. The van der Waals surface area contributed by atoms with Gasteiger partial charge in [0.15, 0.2) is 0 Å². The molecule has 0 spiro atoms. The third-order valence-electron chi connectivity index (χ3n) is 3.95. The van der Waals surface area contributed by atoms with Crippen LogP contribution >= 0.6 is 23.2 Å². The van der Waals surface area contributed by atoms with Crippen molar-refractivity contribution in [3.63, 3.8) is 0 Å². The number of carbonyl (C=O) groups excluding carboxylic acids is 2. The van der Waals surface area contributed by atoms with Crippen molar-refractivity contribution in [3.8, 4) is 0 Å². The predicted molar refractivity (Wildman–Crippen MR) is 94.5 cm³/mol. The maximum Gasteiger partial charge on any atom is 0.253 e. The number of rotatable bonds is 4. The lowest BCUT2D eigenvalue weighted by Gasteiger charge is -2.35. The third kappa shape index (κ3) is 4.62. The fourth-order valence-corrected chi connectivity index (χ4v) is 3.12. The highest BCUT2D eigenvalue weighted by atomic mass is 35.5. The lowest BCUT2D eigenvalue weighted by Crippen LogP contribution is -2.55. The Kier molecular flexibility index (Phi) is 6.49.